The number of halogens is 3. The molecule has 0 aliphatic carbocycles. The van der Waals surface area contributed by atoms with Crippen LogP contribution in [0.2, 0.25) is 0 Å². The van der Waals surface area contributed by atoms with Crippen LogP contribution in [0.15, 0.2) is 40.9 Å². The molecule has 140 valence electrons. The third-order valence-corrected chi connectivity index (χ3v) is 4.88. The number of dihydropyridines is 1. The van der Waals surface area contributed by atoms with E-state index in [0.717, 1.165) is 12.1 Å². The van der Waals surface area contributed by atoms with Gasteiger partial charge < -0.3 is 5.32 Å². The molecule has 0 radical (unpaired) electrons. The molecule has 5 nitrogen and oxygen atoms in total. The standard InChI is InChI=1S/C18H14F3N3O2S/c1-10-17(24-16(26)12-5-6-22-14(25)9-12)27-15(23-10)8-11-3-2-4-13(7-11)18(19,20)21/h2-7H,8-9H2,1H3,(H,24,26). The van der Waals surface area contributed by atoms with Crippen molar-refractivity contribution >= 4 is 34.4 Å². The van der Waals surface area contributed by atoms with Crippen molar-refractivity contribution in [2.45, 2.75) is 25.9 Å². The van der Waals surface area contributed by atoms with Crippen molar-refractivity contribution in [2.24, 2.45) is 4.99 Å². The quantitative estimate of drug-likeness (QED) is 0.856. The van der Waals surface area contributed by atoms with Crippen LogP contribution in [0.3, 0.4) is 0 Å². The van der Waals surface area contributed by atoms with Crippen LogP contribution in [0.25, 0.3) is 0 Å². The molecule has 0 fully saturated rings. The van der Waals surface area contributed by atoms with E-state index in [9.17, 15) is 22.8 Å². The number of benzene rings is 1. The summed E-state index contributed by atoms with van der Waals surface area (Å²) in [6, 6.07) is 5.06. The van der Waals surface area contributed by atoms with Gasteiger partial charge in [-0.1, -0.05) is 18.2 Å². The molecule has 27 heavy (non-hydrogen) atoms. The van der Waals surface area contributed by atoms with Gasteiger partial charge in [0.05, 0.1) is 22.7 Å². The van der Waals surface area contributed by atoms with Crippen LogP contribution >= 0.6 is 11.3 Å². The van der Waals surface area contributed by atoms with E-state index in [1.165, 1.54) is 29.7 Å². The van der Waals surface area contributed by atoms with Crippen LogP contribution in [-0.4, -0.2) is 23.0 Å². The zero-order chi connectivity index (χ0) is 19.6. The minimum absolute atomic E-state index is 0.0721. The fraction of sp³-hybridized carbons (Fsp3) is 0.222. The number of aromatic nitrogens is 1. The Morgan fingerprint density at radius 1 is 1.33 bits per heavy atom. The zero-order valence-electron chi connectivity index (χ0n) is 14.1. The molecule has 2 aromatic rings. The molecule has 1 aromatic heterocycles. The van der Waals surface area contributed by atoms with Crippen molar-refractivity contribution in [1.29, 1.82) is 0 Å². The lowest BCUT2D eigenvalue weighted by Gasteiger charge is -2.08. The SMILES string of the molecule is Cc1nc(Cc2cccc(C(F)(F)F)c2)sc1NC(=O)C1=CC=NC(=O)C1. The van der Waals surface area contributed by atoms with Crippen LogP contribution in [0, 0.1) is 6.92 Å². The Morgan fingerprint density at radius 2 is 2.11 bits per heavy atom. The van der Waals surface area contributed by atoms with Gasteiger partial charge in [0.15, 0.2) is 0 Å². The van der Waals surface area contributed by atoms with Gasteiger partial charge in [-0.05, 0) is 24.6 Å². The second kappa shape index (κ2) is 7.43. The van der Waals surface area contributed by atoms with Crippen molar-refractivity contribution in [3.63, 3.8) is 0 Å². The Hall–Kier alpha value is -2.81. The van der Waals surface area contributed by atoms with Crippen molar-refractivity contribution in [2.75, 3.05) is 5.32 Å². The average Bonchev–Trinajstić information content (AvgIpc) is 2.93. The molecule has 0 unspecified atom stereocenters. The lowest BCUT2D eigenvalue weighted by molar-refractivity contribution is -0.137. The van der Waals surface area contributed by atoms with E-state index >= 15 is 0 Å². The Labute approximate surface area is 156 Å². The Kier molecular flexibility index (Phi) is 5.22. The van der Waals surface area contributed by atoms with Gasteiger partial charge in [0.2, 0.25) is 5.91 Å². The highest BCUT2D eigenvalue weighted by Gasteiger charge is 2.30. The summed E-state index contributed by atoms with van der Waals surface area (Å²) < 4.78 is 38.5. The van der Waals surface area contributed by atoms with E-state index in [1.54, 1.807) is 13.0 Å². The lowest BCUT2D eigenvalue weighted by atomic mass is 10.1. The van der Waals surface area contributed by atoms with Gasteiger partial charge in [-0.2, -0.15) is 13.2 Å². The molecule has 1 aliphatic rings. The monoisotopic (exact) mass is 393 g/mol. The molecule has 0 atom stereocenters. The molecule has 0 bridgehead atoms. The molecular formula is C18H14F3N3O2S. The summed E-state index contributed by atoms with van der Waals surface area (Å²) in [5, 5.41) is 3.78. The van der Waals surface area contributed by atoms with Crippen LogP contribution < -0.4 is 5.32 Å². The van der Waals surface area contributed by atoms with Gasteiger partial charge in [-0.3, -0.25) is 9.59 Å². The minimum Gasteiger partial charge on any atom is -0.312 e. The molecular weight excluding hydrogens is 379 g/mol. The smallest absolute Gasteiger partial charge is 0.312 e. The first kappa shape index (κ1) is 19.0. The van der Waals surface area contributed by atoms with Gasteiger partial charge in [0.25, 0.3) is 5.91 Å². The van der Waals surface area contributed by atoms with E-state index in [1.807, 2.05) is 0 Å². The Morgan fingerprint density at radius 3 is 2.81 bits per heavy atom. The van der Waals surface area contributed by atoms with Gasteiger partial charge >= 0.3 is 6.18 Å². The lowest BCUT2D eigenvalue weighted by Crippen LogP contribution is -2.18. The summed E-state index contributed by atoms with van der Waals surface area (Å²) in [7, 11) is 0. The third-order valence-electron chi connectivity index (χ3n) is 3.81. The number of carbonyl (C=O) groups excluding carboxylic acids is 2. The number of alkyl halides is 3. The number of nitrogens with zero attached hydrogens (tertiary/aromatic N) is 2. The van der Waals surface area contributed by atoms with Gasteiger partial charge in [-0.25, -0.2) is 9.98 Å². The van der Waals surface area contributed by atoms with E-state index in [-0.39, 0.29) is 12.8 Å². The number of hydrogen-bond acceptors (Lipinski definition) is 4. The molecule has 2 amide bonds. The first-order chi connectivity index (χ1) is 12.7. The second-order valence-corrected chi connectivity index (χ2v) is 6.98. The van der Waals surface area contributed by atoms with Crippen molar-refractivity contribution in [1.82, 2.24) is 4.98 Å². The zero-order valence-corrected chi connectivity index (χ0v) is 14.9. The largest absolute Gasteiger partial charge is 0.416 e. The number of thiazole rings is 1. The molecule has 2 heterocycles. The number of allylic oxidation sites excluding steroid dienone is 1. The average molecular weight is 393 g/mol. The number of nitrogens with one attached hydrogen (secondary N) is 1. The highest BCUT2D eigenvalue weighted by Crippen LogP contribution is 2.31. The van der Waals surface area contributed by atoms with E-state index < -0.39 is 23.6 Å². The summed E-state index contributed by atoms with van der Waals surface area (Å²) >= 11 is 1.19. The Bertz CT molecular complexity index is 961. The fourth-order valence-electron chi connectivity index (χ4n) is 2.49. The number of hydrogen-bond donors (Lipinski definition) is 1. The second-order valence-electron chi connectivity index (χ2n) is 5.89. The summed E-state index contributed by atoms with van der Waals surface area (Å²) in [5.41, 5.74) is 0.625. The first-order valence-electron chi connectivity index (χ1n) is 7.92. The van der Waals surface area contributed by atoms with E-state index in [4.69, 9.17) is 0 Å². The molecule has 9 heteroatoms. The maximum Gasteiger partial charge on any atom is 0.416 e. The molecule has 0 saturated carbocycles. The Balaban J connectivity index is 1.73. The highest BCUT2D eigenvalue weighted by molar-refractivity contribution is 7.16. The van der Waals surface area contributed by atoms with Crippen LogP contribution in [0.5, 0.6) is 0 Å². The van der Waals surface area contributed by atoms with Crippen LogP contribution in [0.1, 0.15) is 28.2 Å². The van der Waals surface area contributed by atoms with Crippen molar-refractivity contribution < 1.29 is 22.8 Å². The summed E-state index contributed by atoms with van der Waals surface area (Å²) in [6.45, 7) is 1.70. The predicted molar refractivity (Wildman–Crippen MR) is 95.9 cm³/mol. The topological polar surface area (TPSA) is 71.4 Å². The highest BCUT2D eigenvalue weighted by atomic mass is 32.1. The number of aliphatic imine (C=N–C) groups is 1. The van der Waals surface area contributed by atoms with Crippen molar-refractivity contribution in [3.8, 4) is 0 Å². The van der Waals surface area contributed by atoms with E-state index in [2.05, 4.69) is 15.3 Å². The maximum absolute atomic E-state index is 12.8. The summed E-state index contributed by atoms with van der Waals surface area (Å²) in [4.78, 5) is 31.4. The number of aryl methyl sites for hydroxylation is 1. The number of carbonyl (C=O) groups is 2. The molecule has 0 saturated heterocycles. The summed E-state index contributed by atoms with van der Waals surface area (Å²) in [6.07, 6.45) is -1.51. The van der Waals surface area contributed by atoms with Crippen molar-refractivity contribution in [3.05, 3.63) is 57.7 Å². The molecule has 1 aromatic carbocycles. The number of amides is 2. The van der Waals surface area contributed by atoms with Gasteiger partial charge in [0, 0.05) is 18.2 Å². The number of anilines is 1. The molecule has 0 spiro atoms. The van der Waals surface area contributed by atoms with Crippen LogP contribution in [0.4, 0.5) is 18.2 Å². The summed E-state index contributed by atoms with van der Waals surface area (Å²) in [5.74, 6) is -0.819. The minimum atomic E-state index is -4.40. The molecule has 1 N–H and O–H groups in total. The van der Waals surface area contributed by atoms with Gasteiger partial charge in [0.1, 0.15) is 5.00 Å². The third kappa shape index (κ3) is 4.68. The van der Waals surface area contributed by atoms with E-state index in [0.29, 0.717) is 26.8 Å². The number of rotatable bonds is 4. The fourth-order valence-corrected chi connectivity index (χ4v) is 3.49. The first-order valence-corrected chi connectivity index (χ1v) is 8.74. The molecule has 3 rings (SSSR count). The van der Waals surface area contributed by atoms with Gasteiger partial charge in [-0.15, -0.1) is 11.3 Å². The predicted octanol–water partition coefficient (Wildman–Crippen LogP) is 3.93. The van der Waals surface area contributed by atoms with Crippen LogP contribution in [-0.2, 0) is 22.2 Å². The normalized spacial score (nSPS) is 14.2. The molecule has 1 aliphatic heterocycles. The maximum atomic E-state index is 12.8.